The monoisotopic (exact) mass is 352 g/mol. The average molecular weight is 353 g/mol. The summed E-state index contributed by atoms with van der Waals surface area (Å²) in [4.78, 5) is 16.8. The Morgan fingerprint density at radius 2 is 2.05 bits per heavy atom. The summed E-state index contributed by atoms with van der Waals surface area (Å²) in [5.74, 6) is -0.126. The van der Waals surface area contributed by atoms with Crippen LogP contribution in [0.5, 0.6) is 0 Å². The van der Waals surface area contributed by atoms with Crippen LogP contribution in [-0.4, -0.2) is 10.9 Å². The lowest BCUT2D eigenvalue weighted by atomic mass is 9.93. The fraction of sp³-hybridized carbons (Fsp3) is 0.333. The Hall–Kier alpha value is -1.20. The molecule has 0 fully saturated rings. The van der Waals surface area contributed by atoms with E-state index in [1.807, 2.05) is 30.5 Å². The fourth-order valence-corrected chi connectivity index (χ4v) is 2.97. The standard InChI is InChI=1S/C15H17BrN2OS/c1-9-5-6-10(16)7-11(9)13(19)18-14-17-12(8-20-14)15(2,3)4/h5-8H,1-4H3,(H,17,18,19). The highest BCUT2D eigenvalue weighted by molar-refractivity contribution is 9.10. The summed E-state index contributed by atoms with van der Waals surface area (Å²) in [6, 6.07) is 5.66. The minimum Gasteiger partial charge on any atom is -0.298 e. The number of nitrogens with zero attached hydrogens (tertiary/aromatic N) is 1. The summed E-state index contributed by atoms with van der Waals surface area (Å²) < 4.78 is 0.891. The van der Waals surface area contributed by atoms with Crippen molar-refractivity contribution in [3.63, 3.8) is 0 Å². The number of rotatable bonds is 2. The maximum atomic E-state index is 12.3. The Kier molecular flexibility index (Phi) is 4.30. The zero-order valence-electron chi connectivity index (χ0n) is 12.0. The molecule has 0 bridgehead atoms. The van der Waals surface area contributed by atoms with Crippen molar-refractivity contribution in [2.45, 2.75) is 33.1 Å². The highest BCUT2D eigenvalue weighted by Crippen LogP contribution is 2.27. The average Bonchev–Trinajstić information content (AvgIpc) is 2.80. The van der Waals surface area contributed by atoms with Crippen LogP contribution in [0.2, 0.25) is 0 Å². The molecule has 0 saturated heterocycles. The van der Waals surface area contributed by atoms with Crippen molar-refractivity contribution in [2.24, 2.45) is 0 Å². The molecule has 0 spiro atoms. The van der Waals surface area contributed by atoms with Crippen molar-refractivity contribution in [3.8, 4) is 0 Å². The van der Waals surface area contributed by atoms with E-state index in [0.717, 1.165) is 15.7 Å². The molecule has 106 valence electrons. The van der Waals surface area contributed by atoms with Gasteiger partial charge >= 0.3 is 0 Å². The van der Waals surface area contributed by atoms with Crippen LogP contribution in [0.15, 0.2) is 28.1 Å². The topological polar surface area (TPSA) is 42.0 Å². The SMILES string of the molecule is Cc1ccc(Br)cc1C(=O)Nc1nc(C(C)(C)C)cs1. The lowest BCUT2D eigenvalue weighted by molar-refractivity contribution is 0.102. The lowest BCUT2D eigenvalue weighted by Gasteiger charge is -2.14. The summed E-state index contributed by atoms with van der Waals surface area (Å²) in [5.41, 5.74) is 2.58. The molecule has 1 aromatic heterocycles. The number of nitrogens with one attached hydrogen (secondary N) is 1. The molecule has 0 aliphatic carbocycles. The smallest absolute Gasteiger partial charge is 0.257 e. The molecule has 20 heavy (non-hydrogen) atoms. The number of carbonyl (C=O) groups is 1. The van der Waals surface area contributed by atoms with Gasteiger partial charge in [-0.05, 0) is 24.6 Å². The van der Waals surface area contributed by atoms with E-state index in [-0.39, 0.29) is 11.3 Å². The Bertz CT molecular complexity index is 644. The summed E-state index contributed by atoms with van der Waals surface area (Å²) in [6.45, 7) is 8.23. The Balaban J connectivity index is 2.20. The van der Waals surface area contributed by atoms with E-state index < -0.39 is 0 Å². The number of aromatic nitrogens is 1. The van der Waals surface area contributed by atoms with Gasteiger partial charge in [0.1, 0.15) is 0 Å². The van der Waals surface area contributed by atoms with Crippen LogP contribution in [0.3, 0.4) is 0 Å². The van der Waals surface area contributed by atoms with Crippen molar-refractivity contribution in [1.82, 2.24) is 4.98 Å². The number of anilines is 1. The zero-order valence-corrected chi connectivity index (χ0v) is 14.4. The van der Waals surface area contributed by atoms with E-state index in [1.165, 1.54) is 11.3 Å². The minimum atomic E-state index is -0.126. The van der Waals surface area contributed by atoms with Crippen LogP contribution in [-0.2, 0) is 5.41 Å². The van der Waals surface area contributed by atoms with E-state index in [1.54, 1.807) is 0 Å². The molecule has 0 radical (unpaired) electrons. The van der Waals surface area contributed by atoms with Crippen molar-refractivity contribution in [1.29, 1.82) is 0 Å². The van der Waals surface area contributed by atoms with Crippen molar-refractivity contribution in [3.05, 3.63) is 44.9 Å². The van der Waals surface area contributed by atoms with Gasteiger partial charge in [0.25, 0.3) is 5.91 Å². The number of thiazole rings is 1. The first-order chi connectivity index (χ1) is 9.27. The van der Waals surface area contributed by atoms with Gasteiger partial charge in [-0.25, -0.2) is 4.98 Å². The third-order valence-electron chi connectivity index (χ3n) is 2.94. The van der Waals surface area contributed by atoms with Crippen LogP contribution in [0, 0.1) is 6.92 Å². The number of hydrogen-bond donors (Lipinski definition) is 1. The zero-order chi connectivity index (χ0) is 14.9. The molecule has 3 nitrogen and oxygen atoms in total. The van der Waals surface area contributed by atoms with Gasteiger partial charge in [0.2, 0.25) is 0 Å². The van der Waals surface area contributed by atoms with Crippen LogP contribution in [0.1, 0.15) is 42.4 Å². The quantitative estimate of drug-likeness (QED) is 0.846. The third kappa shape index (κ3) is 3.46. The van der Waals surface area contributed by atoms with Gasteiger partial charge in [0.05, 0.1) is 5.69 Å². The number of carbonyl (C=O) groups excluding carboxylic acids is 1. The number of hydrogen-bond acceptors (Lipinski definition) is 3. The first kappa shape index (κ1) is 15.2. The van der Waals surface area contributed by atoms with Gasteiger partial charge < -0.3 is 0 Å². The van der Waals surface area contributed by atoms with Gasteiger partial charge in [0, 0.05) is 20.8 Å². The van der Waals surface area contributed by atoms with Crippen LogP contribution in [0.25, 0.3) is 0 Å². The molecule has 2 aromatic rings. The highest BCUT2D eigenvalue weighted by atomic mass is 79.9. The second-order valence-corrected chi connectivity index (χ2v) is 7.48. The summed E-state index contributed by atoms with van der Waals surface area (Å²) >= 11 is 4.84. The largest absolute Gasteiger partial charge is 0.298 e. The molecule has 5 heteroatoms. The maximum Gasteiger partial charge on any atom is 0.257 e. The van der Waals surface area contributed by atoms with Gasteiger partial charge in [0.15, 0.2) is 5.13 Å². The molecular weight excluding hydrogens is 336 g/mol. The molecule has 0 atom stereocenters. The van der Waals surface area contributed by atoms with Crippen LogP contribution in [0.4, 0.5) is 5.13 Å². The Morgan fingerprint density at radius 1 is 1.35 bits per heavy atom. The maximum absolute atomic E-state index is 12.3. The second-order valence-electron chi connectivity index (χ2n) is 5.70. The van der Waals surface area contributed by atoms with E-state index in [2.05, 4.69) is 47.0 Å². The summed E-state index contributed by atoms with van der Waals surface area (Å²) in [6.07, 6.45) is 0. The molecule has 0 aliphatic rings. The first-order valence-electron chi connectivity index (χ1n) is 6.31. The molecule has 0 aliphatic heterocycles. The fourth-order valence-electron chi connectivity index (χ4n) is 1.68. The van der Waals surface area contributed by atoms with Gasteiger partial charge in [-0.3, -0.25) is 10.1 Å². The normalized spacial score (nSPS) is 11.4. The molecule has 1 amide bonds. The minimum absolute atomic E-state index is 0.00876. The molecule has 2 rings (SSSR count). The van der Waals surface area contributed by atoms with Crippen molar-refractivity contribution >= 4 is 38.3 Å². The van der Waals surface area contributed by atoms with E-state index in [0.29, 0.717) is 10.7 Å². The highest BCUT2D eigenvalue weighted by Gasteiger charge is 2.18. The van der Waals surface area contributed by atoms with Crippen molar-refractivity contribution < 1.29 is 4.79 Å². The second kappa shape index (κ2) is 5.66. The summed E-state index contributed by atoms with van der Waals surface area (Å²) in [5, 5.41) is 5.49. The van der Waals surface area contributed by atoms with Crippen molar-refractivity contribution in [2.75, 3.05) is 5.32 Å². The van der Waals surface area contributed by atoms with Gasteiger partial charge in [-0.1, -0.05) is 42.8 Å². The van der Waals surface area contributed by atoms with E-state index >= 15 is 0 Å². The molecule has 0 saturated carbocycles. The predicted octanol–water partition coefficient (Wildman–Crippen LogP) is 4.76. The van der Waals surface area contributed by atoms with Crippen LogP contribution >= 0.6 is 27.3 Å². The molecular formula is C15H17BrN2OS. The molecule has 0 unspecified atom stereocenters. The third-order valence-corrected chi connectivity index (χ3v) is 4.19. The molecule has 1 N–H and O–H groups in total. The van der Waals surface area contributed by atoms with E-state index in [9.17, 15) is 4.79 Å². The van der Waals surface area contributed by atoms with Gasteiger partial charge in [-0.2, -0.15) is 0 Å². The number of benzene rings is 1. The number of aryl methyl sites for hydroxylation is 1. The number of halogens is 1. The number of amides is 1. The summed E-state index contributed by atoms with van der Waals surface area (Å²) in [7, 11) is 0. The molecule has 1 heterocycles. The predicted molar refractivity (Wildman–Crippen MR) is 87.6 cm³/mol. The van der Waals surface area contributed by atoms with Crippen LogP contribution < -0.4 is 5.32 Å². The Morgan fingerprint density at radius 3 is 2.65 bits per heavy atom. The Labute approximate surface area is 131 Å². The molecule has 1 aromatic carbocycles. The van der Waals surface area contributed by atoms with E-state index in [4.69, 9.17) is 0 Å². The van der Waals surface area contributed by atoms with Gasteiger partial charge in [-0.15, -0.1) is 11.3 Å². The first-order valence-corrected chi connectivity index (χ1v) is 7.98. The lowest BCUT2D eigenvalue weighted by Crippen LogP contribution is -2.15.